The van der Waals surface area contributed by atoms with Crippen molar-refractivity contribution in [1.82, 2.24) is 9.97 Å². The van der Waals surface area contributed by atoms with Gasteiger partial charge in [0.15, 0.2) is 0 Å². The van der Waals surface area contributed by atoms with E-state index in [1.54, 1.807) is 0 Å². The molecule has 0 radical (unpaired) electrons. The Hall–Kier alpha value is -3.13. The summed E-state index contributed by atoms with van der Waals surface area (Å²) in [5, 5.41) is 10.5. The number of H-pyrrole nitrogens is 1. The fourth-order valence-corrected chi connectivity index (χ4v) is 4.06. The smallest absolute Gasteiger partial charge is 0.0651 e. The van der Waals surface area contributed by atoms with Crippen LogP contribution in [0.25, 0.3) is 54.1 Å². The zero-order chi connectivity index (χ0) is 15.0. The molecule has 23 heavy (non-hydrogen) atoms. The highest BCUT2D eigenvalue weighted by Gasteiger charge is 2.13. The first-order chi connectivity index (χ1) is 11.4. The van der Waals surface area contributed by atoms with Crippen molar-refractivity contribution in [3.05, 3.63) is 67.0 Å². The molecule has 0 amide bonds. The lowest BCUT2D eigenvalue weighted by molar-refractivity contribution is 1.35. The van der Waals surface area contributed by atoms with Crippen LogP contribution in [-0.2, 0) is 0 Å². The summed E-state index contributed by atoms with van der Waals surface area (Å²) in [6.45, 7) is 0. The first-order valence-electron chi connectivity index (χ1n) is 7.82. The monoisotopic (exact) mass is 292 g/mol. The van der Waals surface area contributed by atoms with E-state index in [0.717, 1.165) is 5.52 Å². The molecule has 0 atom stereocenters. The van der Waals surface area contributed by atoms with E-state index in [-0.39, 0.29) is 0 Å². The lowest BCUT2D eigenvalue weighted by Gasteiger charge is -2.11. The Morgan fingerprint density at radius 2 is 1.48 bits per heavy atom. The summed E-state index contributed by atoms with van der Waals surface area (Å²) >= 11 is 0. The normalized spacial score (nSPS) is 12.3. The van der Waals surface area contributed by atoms with Gasteiger partial charge in [0.1, 0.15) is 0 Å². The summed E-state index contributed by atoms with van der Waals surface area (Å²) in [5.74, 6) is 0. The fraction of sp³-hybridized carbons (Fsp3) is 0. The van der Waals surface area contributed by atoms with E-state index >= 15 is 0 Å². The quantitative estimate of drug-likeness (QED) is 0.362. The van der Waals surface area contributed by atoms with E-state index in [9.17, 15) is 0 Å². The molecule has 0 aliphatic rings. The van der Waals surface area contributed by atoms with Crippen LogP contribution in [0.2, 0.25) is 0 Å². The second-order valence-corrected chi connectivity index (χ2v) is 6.20. The van der Waals surface area contributed by atoms with E-state index in [1.165, 1.54) is 48.6 Å². The lowest BCUT2D eigenvalue weighted by Crippen LogP contribution is -1.84. The van der Waals surface area contributed by atoms with Crippen molar-refractivity contribution < 1.29 is 0 Å². The van der Waals surface area contributed by atoms with Crippen molar-refractivity contribution >= 4 is 54.1 Å². The summed E-state index contributed by atoms with van der Waals surface area (Å²) in [6, 6.07) is 19.9. The molecule has 4 aromatic carbocycles. The van der Waals surface area contributed by atoms with Crippen molar-refractivity contribution in [1.29, 1.82) is 0 Å². The molecular weight excluding hydrogens is 280 g/mol. The number of rotatable bonds is 0. The van der Waals surface area contributed by atoms with Gasteiger partial charge in [-0.05, 0) is 44.5 Å². The molecule has 106 valence electrons. The second-order valence-electron chi connectivity index (χ2n) is 6.20. The maximum atomic E-state index is 4.25. The summed E-state index contributed by atoms with van der Waals surface area (Å²) in [6.07, 6.45) is 3.77. The van der Waals surface area contributed by atoms with Crippen LogP contribution in [0.1, 0.15) is 0 Å². The third-order valence-electron chi connectivity index (χ3n) is 5.01. The lowest BCUT2D eigenvalue weighted by atomic mass is 9.92. The number of aromatic amines is 1. The Bertz CT molecular complexity index is 1340. The van der Waals surface area contributed by atoms with E-state index in [0.29, 0.717) is 0 Å². The molecule has 0 aliphatic heterocycles. The number of hydrogen-bond acceptors (Lipinski definition) is 1. The molecule has 0 saturated carbocycles. The molecule has 0 unspecified atom stereocenters. The first kappa shape index (κ1) is 11.4. The summed E-state index contributed by atoms with van der Waals surface area (Å²) < 4.78 is 0. The average molecular weight is 292 g/mol. The van der Waals surface area contributed by atoms with Gasteiger partial charge < -0.3 is 4.98 Å². The Balaban J connectivity index is 2.04. The van der Waals surface area contributed by atoms with Crippen LogP contribution in [-0.4, -0.2) is 9.97 Å². The van der Waals surface area contributed by atoms with Gasteiger partial charge in [0.05, 0.1) is 11.7 Å². The highest BCUT2D eigenvalue weighted by Crippen LogP contribution is 2.40. The van der Waals surface area contributed by atoms with Gasteiger partial charge in [0.2, 0.25) is 0 Å². The predicted octanol–water partition coefficient (Wildman–Crippen LogP) is 5.61. The van der Waals surface area contributed by atoms with Gasteiger partial charge in [0.25, 0.3) is 0 Å². The molecule has 2 heteroatoms. The van der Waals surface area contributed by atoms with E-state index in [1.807, 2.05) is 12.4 Å². The summed E-state index contributed by atoms with van der Waals surface area (Å²) in [7, 11) is 0. The number of pyridine rings is 1. The molecule has 0 aliphatic carbocycles. The van der Waals surface area contributed by atoms with E-state index in [4.69, 9.17) is 0 Å². The van der Waals surface area contributed by atoms with Crippen molar-refractivity contribution in [2.75, 3.05) is 0 Å². The zero-order valence-electron chi connectivity index (χ0n) is 12.3. The molecule has 2 heterocycles. The Morgan fingerprint density at radius 1 is 0.652 bits per heavy atom. The number of nitrogens with one attached hydrogen (secondary N) is 1. The number of hydrogen-bond donors (Lipinski definition) is 1. The molecule has 6 rings (SSSR count). The Kier molecular flexibility index (Phi) is 1.89. The van der Waals surface area contributed by atoms with Crippen LogP contribution < -0.4 is 0 Å². The molecule has 0 bridgehead atoms. The molecule has 0 spiro atoms. The Morgan fingerprint density at radius 3 is 2.39 bits per heavy atom. The van der Waals surface area contributed by atoms with Gasteiger partial charge in [0, 0.05) is 22.5 Å². The SMILES string of the molecule is c1cc2ccc3cc4[nH]c5cnccc5c4c4ccc(c1)c2c34. The first-order valence-corrected chi connectivity index (χ1v) is 7.82. The number of benzene rings is 4. The third kappa shape index (κ3) is 1.32. The van der Waals surface area contributed by atoms with Gasteiger partial charge in [-0.1, -0.05) is 42.5 Å². The second kappa shape index (κ2) is 3.79. The third-order valence-corrected chi connectivity index (χ3v) is 5.01. The van der Waals surface area contributed by atoms with Crippen molar-refractivity contribution in [2.45, 2.75) is 0 Å². The van der Waals surface area contributed by atoms with Crippen molar-refractivity contribution in [2.24, 2.45) is 0 Å². The Labute approximate surface area is 131 Å². The van der Waals surface area contributed by atoms with E-state index in [2.05, 4.69) is 64.6 Å². The summed E-state index contributed by atoms with van der Waals surface area (Å²) in [5.41, 5.74) is 2.27. The number of nitrogens with zero attached hydrogens (tertiary/aromatic N) is 1. The van der Waals surface area contributed by atoms with Crippen LogP contribution in [0.4, 0.5) is 0 Å². The molecular formula is C21H12N2. The van der Waals surface area contributed by atoms with Gasteiger partial charge >= 0.3 is 0 Å². The molecule has 1 N–H and O–H groups in total. The van der Waals surface area contributed by atoms with Crippen LogP contribution in [0.3, 0.4) is 0 Å². The number of aromatic nitrogens is 2. The maximum absolute atomic E-state index is 4.25. The highest BCUT2D eigenvalue weighted by atomic mass is 14.7. The minimum absolute atomic E-state index is 1.09. The van der Waals surface area contributed by atoms with E-state index < -0.39 is 0 Å². The maximum Gasteiger partial charge on any atom is 0.0651 e. The van der Waals surface area contributed by atoms with Gasteiger partial charge in [-0.25, -0.2) is 0 Å². The highest BCUT2D eigenvalue weighted by molar-refractivity contribution is 6.32. The summed E-state index contributed by atoms with van der Waals surface area (Å²) in [4.78, 5) is 7.76. The minimum Gasteiger partial charge on any atom is -0.353 e. The molecule has 0 fully saturated rings. The topological polar surface area (TPSA) is 28.7 Å². The van der Waals surface area contributed by atoms with Crippen molar-refractivity contribution in [3.8, 4) is 0 Å². The average Bonchev–Trinajstić information content (AvgIpc) is 2.97. The van der Waals surface area contributed by atoms with Gasteiger partial charge in [-0.15, -0.1) is 0 Å². The van der Waals surface area contributed by atoms with Crippen molar-refractivity contribution in [3.63, 3.8) is 0 Å². The minimum atomic E-state index is 1.09. The van der Waals surface area contributed by atoms with Gasteiger partial charge in [-0.2, -0.15) is 0 Å². The molecule has 0 saturated heterocycles. The predicted molar refractivity (Wildman–Crippen MR) is 97.3 cm³/mol. The number of fused-ring (bicyclic) bond motifs is 4. The largest absolute Gasteiger partial charge is 0.353 e. The molecule has 2 nitrogen and oxygen atoms in total. The fourth-order valence-electron chi connectivity index (χ4n) is 4.06. The molecule has 2 aromatic heterocycles. The van der Waals surface area contributed by atoms with Crippen LogP contribution in [0.5, 0.6) is 0 Å². The standard InChI is InChI=1S/C21H12N2/c1-2-12-4-5-14-10-17-21(15-8-9-22-11-18(15)23-17)16-7-6-13(3-1)19(12)20(14)16/h1-11,23H. The molecule has 6 aromatic rings. The van der Waals surface area contributed by atoms with Crippen LogP contribution in [0, 0.1) is 0 Å². The van der Waals surface area contributed by atoms with Crippen LogP contribution >= 0.6 is 0 Å². The van der Waals surface area contributed by atoms with Crippen LogP contribution in [0.15, 0.2) is 67.0 Å². The van der Waals surface area contributed by atoms with Gasteiger partial charge in [-0.3, -0.25) is 4.98 Å². The zero-order valence-corrected chi connectivity index (χ0v) is 12.3.